The quantitative estimate of drug-likeness (QED) is 0.848. The normalized spacial score (nSPS) is 15.6. The molecule has 122 valence electrons. The summed E-state index contributed by atoms with van der Waals surface area (Å²) in [5.41, 5.74) is 4.22. The van der Waals surface area contributed by atoms with Crippen molar-refractivity contribution < 1.29 is 4.79 Å². The number of carbonyl (C=O) groups is 1. The van der Waals surface area contributed by atoms with Gasteiger partial charge in [0.1, 0.15) is 0 Å². The second-order valence-electron chi connectivity index (χ2n) is 6.30. The number of hydrogen-bond acceptors (Lipinski definition) is 4. The molecule has 1 aliphatic carbocycles. The number of aromatic nitrogens is 1. The summed E-state index contributed by atoms with van der Waals surface area (Å²) in [5, 5.41) is 3.12. The number of nitrogens with zero attached hydrogens (tertiary/aromatic N) is 2. The van der Waals surface area contributed by atoms with Crippen LogP contribution in [-0.4, -0.2) is 28.4 Å². The SMILES string of the molecule is Cc1ccc([C@H](C)NC(=O)CN(Cc2cncs2)C2CC2)cc1. The molecular weight excluding hydrogens is 306 g/mol. The Hall–Kier alpha value is -1.72. The van der Waals surface area contributed by atoms with Crippen LogP contribution in [0.1, 0.15) is 41.8 Å². The Labute approximate surface area is 141 Å². The lowest BCUT2D eigenvalue weighted by Gasteiger charge is -2.22. The first-order valence-corrected chi connectivity index (χ1v) is 8.97. The zero-order chi connectivity index (χ0) is 16.2. The van der Waals surface area contributed by atoms with Gasteiger partial charge in [-0.25, -0.2) is 0 Å². The molecular formula is C18H23N3OS. The standard InChI is InChI=1S/C18H23N3OS/c1-13-3-5-15(6-4-13)14(2)20-18(22)11-21(16-7-8-16)10-17-9-19-12-23-17/h3-6,9,12,14,16H,7-8,10-11H2,1-2H3,(H,20,22)/t14-/m0/s1. The highest BCUT2D eigenvalue weighted by atomic mass is 32.1. The van der Waals surface area contributed by atoms with Crippen molar-refractivity contribution in [3.8, 4) is 0 Å². The summed E-state index contributed by atoms with van der Waals surface area (Å²) in [5.74, 6) is 0.0921. The van der Waals surface area contributed by atoms with Gasteiger partial charge in [0.25, 0.3) is 0 Å². The Morgan fingerprint density at radius 1 is 1.39 bits per heavy atom. The molecule has 0 spiro atoms. The van der Waals surface area contributed by atoms with E-state index < -0.39 is 0 Å². The monoisotopic (exact) mass is 329 g/mol. The van der Waals surface area contributed by atoms with Crippen LogP contribution in [0.2, 0.25) is 0 Å². The van der Waals surface area contributed by atoms with E-state index in [9.17, 15) is 4.79 Å². The topological polar surface area (TPSA) is 45.2 Å². The van der Waals surface area contributed by atoms with Gasteiger partial charge in [-0.15, -0.1) is 11.3 Å². The first kappa shape index (κ1) is 16.1. The van der Waals surface area contributed by atoms with Gasteiger partial charge in [0.15, 0.2) is 0 Å². The Kier molecular flexibility index (Phi) is 5.08. The maximum absolute atomic E-state index is 12.4. The molecule has 1 saturated carbocycles. The Bertz CT molecular complexity index is 635. The van der Waals surface area contributed by atoms with Crippen LogP contribution in [0.5, 0.6) is 0 Å². The van der Waals surface area contributed by atoms with Crippen molar-refractivity contribution in [3.05, 3.63) is 52.0 Å². The largest absolute Gasteiger partial charge is 0.348 e. The summed E-state index contributed by atoms with van der Waals surface area (Å²) in [6, 6.07) is 8.91. The Morgan fingerprint density at radius 3 is 2.74 bits per heavy atom. The third-order valence-electron chi connectivity index (χ3n) is 4.21. The van der Waals surface area contributed by atoms with Crippen molar-refractivity contribution in [1.82, 2.24) is 15.2 Å². The van der Waals surface area contributed by atoms with Crippen LogP contribution >= 0.6 is 11.3 Å². The minimum Gasteiger partial charge on any atom is -0.348 e. The van der Waals surface area contributed by atoms with E-state index in [0.717, 1.165) is 12.1 Å². The fraction of sp³-hybridized carbons (Fsp3) is 0.444. The number of carbonyl (C=O) groups excluding carboxylic acids is 1. The van der Waals surface area contributed by atoms with Gasteiger partial charge >= 0.3 is 0 Å². The molecule has 1 aliphatic rings. The van der Waals surface area contributed by atoms with Crippen LogP contribution in [0.15, 0.2) is 36.0 Å². The van der Waals surface area contributed by atoms with E-state index in [4.69, 9.17) is 0 Å². The van der Waals surface area contributed by atoms with Crippen molar-refractivity contribution in [2.75, 3.05) is 6.54 Å². The van der Waals surface area contributed by atoms with E-state index in [2.05, 4.69) is 46.4 Å². The predicted molar refractivity (Wildman–Crippen MR) is 93.3 cm³/mol. The molecule has 23 heavy (non-hydrogen) atoms. The highest BCUT2D eigenvalue weighted by molar-refractivity contribution is 7.09. The van der Waals surface area contributed by atoms with Crippen LogP contribution in [-0.2, 0) is 11.3 Å². The average Bonchev–Trinajstić information content (AvgIpc) is 3.25. The number of thiazole rings is 1. The van der Waals surface area contributed by atoms with Crippen LogP contribution in [0.25, 0.3) is 0 Å². The highest BCUT2D eigenvalue weighted by Crippen LogP contribution is 2.28. The maximum atomic E-state index is 12.4. The molecule has 4 nitrogen and oxygen atoms in total. The van der Waals surface area contributed by atoms with Crippen LogP contribution in [0.3, 0.4) is 0 Å². The predicted octanol–water partition coefficient (Wildman–Crippen LogP) is 3.29. The number of hydrogen-bond donors (Lipinski definition) is 1. The molecule has 0 bridgehead atoms. The fourth-order valence-corrected chi connectivity index (χ4v) is 3.30. The van der Waals surface area contributed by atoms with Gasteiger partial charge in [0, 0.05) is 23.7 Å². The summed E-state index contributed by atoms with van der Waals surface area (Å²) in [6.07, 6.45) is 4.28. The van der Waals surface area contributed by atoms with Gasteiger partial charge in [-0.2, -0.15) is 0 Å². The average molecular weight is 329 g/mol. The van der Waals surface area contributed by atoms with E-state index in [0.29, 0.717) is 12.6 Å². The fourth-order valence-electron chi connectivity index (χ4n) is 2.68. The minimum absolute atomic E-state index is 0.0348. The summed E-state index contributed by atoms with van der Waals surface area (Å²) in [4.78, 5) is 20.0. The molecule has 5 heteroatoms. The summed E-state index contributed by atoms with van der Waals surface area (Å²) >= 11 is 1.65. The second kappa shape index (κ2) is 7.23. The number of rotatable bonds is 7. The smallest absolute Gasteiger partial charge is 0.234 e. The highest BCUT2D eigenvalue weighted by Gasteiger charge is 2.30. The number of benzene rings is 1. The molecule has 1 aromatic heterocycles. The lowest BCUT2D eigenvalue weighted by atomic mass is 10.1. The number of aryl methyl sites for hydroxylation is 1. The molecule has 1 N–H and O–H groups in total. The van der Waals surface area contributed by atoms with Gasteiger partial charge < -0.3 is 5.32 Å². The maximum Gasteiger partial charge on any atom is 0.234 e. The third-order valence-corrected chi connectivity index (χ3v) is 4.97. The van der Waals surface area contributed by atoms with Crippen molar-refractivity contribution >= 4 is 17.2 Å². The van der Waals surface area contributed by atoms with E-state index in [1.807, 2.05) is 18.6 Å². The zero-order valence-electron chi connectivity index (χ0n) is 13.7. The van der Waals surface area contributed by atoms with Crippen LogP contribution in [0, 0.1) is 6.92 Å². The van der Waals surface area contributed by atoms with Crippen molar-refractivity contribution in [2.24, 2.45) is 0 Å². The van der Waals surface area contributed by atoms with Gasteiger partial charge in [0.2, 0.25) is 5.91 Å². The third kappa shape index (κ3) is 4.62. The first-order chi connectivity index (χ1) is 11.1. The molecule has 0 unspecified atom stereocenters. The van der Waals surface area contributed by atoms with Gasteiger partial charge in [-0.05, 0) is 32.3 Å². The van der Waals surface area contributed by atoms with Gasteiger partial charge in [0.05, 0.1) is 18.1 Å². The molecule has 3 rings (SSSR count). The molecule has 0 saturated heterocycles. The van der Waals surface area contributed by atoms with E-state index >= 15 is 0 Å². The molecule has 1 aromatic carbocycles. The minimum atomic E-state index is 0.0348. The van der Waals surface area contributed by atoms with E-state index in [1.54, 1.807) is 11.3 Å². The lowest BCUT2D eigenvalue weighted by molar-refractivity contribution is -0.123. The Balaban J connectivity index is 1.55. The first-order valence-electron chi connectivity index (χ1n) is 8.09. The molecule has 1 atom stereocenters. The van der Waals surface area contributed by atoms with Crippen LogP contribution in [0.4, 0.5) is 0 Å². The number of amides is 1. The van der Waals surface area contributed by atoms with E-state index in [-0.39, 0.29) is 11.9 Å². The lowest BCUT2D eigenvalue weighted by Crippen LogP contribution is -2.39. The summed E-state index contributed by atoms with van der Waals surface area (Å²) in [6.45, 7) is 5.38. The van der Waals surface area contributed by atoms with Gasteiger partial charge in [-0.1, -0.05) is 29.8 Å². The molecule has 0 aliphatic heterocycles. The van der Waals surface area contributed by atoms with Crippen molar-refractivity contribution in [3.63, 3.8) is 0 Å². The van der Waals surface area contributed by atoms with Crippen LogP contribution < -0.4 is 5.32 Å². The molecule has 1 amide bonds. The van der Waals surface area contributed by atoms with Crippen molar-refractivity contribution in [1.29, 1.82) is 0 Å². The molecule has 1 heterocycles. The van der Waals surface area contributed by atoms with Gasteiger partial charge in [-0.3, -0.25) is 14.7 Å². The Morgan fingerprint density at radius 2 is 2.13 bits per heavy atom. The summed E-state index contributed by atoms with van der Waals surface area (Å²) in [7, 11) is 0. The number of nitrogens with one attached hydrogen (secondary N) is 1. The molecule has 0 radical (unpaired) electrons. The molecule has 1 fully saturated rings. The second-order valence-corrected chi connectivity index (χ2v) is 7.27. The molecule has 2 aromatic rings. The van der Waals surface area contributed by atoms with Crippen molar-refractivity contribution in [2.45, 2.75) is 45.3 Å². The zero-order valence-corrected chi connectivity index (χ0v) is 14.5. The summed E-state index contributed by atoms with van der Waals surface area (Å²) < 4.78 is 0. The van der Waals surface area contributed by atoms with E-state index in [1.165, 1.54) is 23.3 Å².